The Balaban J connectivity index is 2.00. The highest BCUT2D eigenvalue weighted by Crippen LogP contribution is 2.19. The summed E-state index contributed by atoms with van der Waals surface area (Å²) in [5.74, 6) is -0.129. The van der Waals surface area contributed by atoms with Gasteiger partial charge in [0.25, 0.3) is 5.91 Å². The van der Waals surface area contributed by atoms with E-state index < -0.39 is 6.10 Å². The molecule has 0 spiro atoms. The molecule has 0 unspecified atom stereocenters. The lowest BCUT2D eigenvalue weighted by molar-refractivity contribution is -0.122. The molecule has 0 saturated heterocycles. The lowest BCUT2D eigenvalue weighted by Gasteiger charge is -2.15. The van der Waals surface area contributed by atoms with Crippen LogP contribution in [0.4, 0.5) is 10.1 Å². The molecule has 0 aliphatic rings. The van der Waals surface area contributed by atoms with Crippen LogP contribution in [0, 0.1) is 16.3 Å². The summed E-state index contributed by atoms with van der Waals surface area (Å²) in [6.07, 6.45) is -0.672. The average molecular weight is 399 g/mol. The zero-order chi connectivity index (χ0) is 15.4. The summed E-state index contributed by atoms with van der Waals surface area (Å²) in [5, 5.41) is 2.83. The fourth-order valence-corrected chi connectivity index (χ4v) is 2.42. The number of carbonyl (C=O) groups excluding carboxylic acids is 1. The first kappa shape index (κ1) is 15.8. The van der Waals surface area contributed by atoms with E-state index in [0.29, 0.717) is 5.75 Å². The SMILES string of the molecule is Cc1cc(I)ccc1NC(=O)[C@@H](C)Oc1ccc(F)cc1. The van der Waals surface area contributed by atoms with Crippen LogP contribution in [-0.2, 0) is 4.79 Å². The Morgan fingerprint density at radius 1 is 1.24 bits per heavy atom. The standard InChI is InChI=1S/C16H15FINO2/c1-10-9-13(18)5-8-15(10)19-16(20)11(2)21-14-6-3-12(17)4-7-14/h3-9,11H,1-2H3,(H,19,20)/t11-/m1/s1. The Kier molecular flexibility index (Phi) is 5.17. The van der Waals surface area contributed by atoms with Crippen molar-refractivity contribution in [2.24, 2.45) is 0 Å². The zero-order valence-corrected chi connectivity index (χ0v) is 13.8. The molecule has 0 bridgehead atoms. The van der Waals surface area contributed by atoms with E-state index in [1.165, 1.54) is 24.3 Å². The van der Waals surface area contributed by atoms with Crippen LogP contribution in [0.1, 0.15) is 12.5 Å². The van der Waals surface area contributed by atoms with Crippen LogP contribution in [0.5, 0.6) is 5.75 Å². The van der Waals surface area contributed by atoms with Crippen LogP contribution >= 0.6 is 22.6 Å². The van der Waals surface area contributed by atoms with Gasteiger partial charge in [-0.05, 0) is 84.5 Å². The van der Waals surface area contributed by atoms with Crippen LogP contribution in [0.25, 0.3) is 0 Å². The quantitative estimate of drug-likeness (QED) is 0.785. The average Bonchev–Trinajstić information content (AvgIpc) is 2.44. The monoisotopic (exact) mass is 399 g/mol. The molecule has 0 aliphatic heterocycles. The van der Waals surface area contributed by atoms with Gasteiger partial charge in [0.2, 0.25) is 0 Å². The smallest absolute Gasteiger partial charge is 0.265 e. The van der Waals surface area contributed by atoms with Gasteiger partial charge >= 0.3 is 0 Å². The van der Waals surface area contributed by atoms with E-state index in [-0.39, 0.29) is 11.7 Å². The molecule has 0 saturated carbocycles. The number of nitrogens with one attached hydrogen (secondary N) is 1. The second-order valence-corrected chi connectivity index (χ2v) is 5.91. The summed E-state index contributed by atoms with van der Waals surface area (Å²) < 4.78 is 19.4. The van der Waals surface area contributed by atoms with Crippen LogP contribution in [-0.4, -0.2) is 12.0 Å². The topological polar surface area (TPSA) is 38.3 Å². The van der Waals surface area contributed by atoms with Crippen molar-refractivity contribution in [2.45, 2.75) is 20.0 Å². The van der Waals surface area contributed by atoms with Crippen molar-refractivity contribution >= 4 is 34.2 Å². The Morgan fingerprint density at radius 2 is 1.90 bits per heavy atom. The molecule has 0 heterocycles. The normalized spacial score (nSPS) is 11.8. The third-order valence-corrected chi connectivity index (χ3v) is 3.61. The molecule has 1 atom stereocenters. The fraction of sp³-hybridized carbons (Fsp3) is 0.188. The molecule has 0 radical (unpaired) electrons. The first-order valence-electron chi connectivity index (χ1n) is 6.45. The molecule has 2 aromatic rings. The van der Waals surface area contributed by atoms with Gasteiger partial charge in [0.05, 0.1) is 0 Å². The van der Waals surface area contributed by atoms with Crippen molar-refractivity contribution < 1.29 is 13.9 Å². The van der Waals surface area contributed by atoms with E-state index in [9.17, 15) is 9.18 Å². The summed E-state index contributed by atoms with van der Waals surface area (Å²) in [4.78, 5) is 12.1. The van der Waals surface area contributed by atoms with Crippen molar-refractivity contribution in [1.82, 2.24) is 0 Å². The Bertz CT molecular complexity index is 643. The molecule has 0 aromatic heterocycles. The highest BCUT2D eigenvalue weighted by Gasteiger charge is 2.15. The Morgan fingerprint density at radius 3 is 2.52 bits per heavy atom. The number of hydrogen-bond donors (Lipinski definition) is 1. The summed E-state index contributed by atoms with van der Waals surface area (Å²) in [6.45, 7) is 3.59. The van der Waals surface area contributed by atoms with Gasteiger partial charge in [-0.1, -0.05) is 0 Å². The van der Waals surface area contributed by atoms with E-state index in [2.05, 4.69) is 27.9 Å². The Hall–Kier alpha value is -1.63. The molecule has 0 aliphatic carbocycles. The van der Waals surface area contributed by atoms with Crippen LogP contribution in [0.3, 0.4) is 0 Å². The predicted octanol–water partition coefficient (Wildman–Crippen LogP) is 4.14. The molecule has 1 N–H and O–H groups in total. The first-order valence-corrected chi connectivity index (χ1v) is 7.53. The molecule has 21 heavy (non-hydrogen) atoms. The number of rotatable bonds is 4. The van der Waals surface area contributed by atoms with Gasteiger partial charge in [-0.25, -0.2) is 4.39 Å². The molecule has 2 aromatic carbocycles. The van der Waals surface area contributed by atoms with Gasteiger partial charge < -0.3 is 10.1 Å². The van der Waals surface area contributed by atoms with Crippen LogP contribution in [0.2, 0.25) is 0 Å². The summed E-state index contributed by atoms with van der Waals surface area (Å²) >= 11 is 2.22. The van der Waals surface area contributed by atoms with Crippen LogP contribution in [0.15, 0.2) is 42.5 Å². The molecule has 0 fully saturated rings. The van der Waals surface area contributed by atoms with E-state index >= 15 is 0 Å². The number of halogens is 2. The Labute approximate surface area is 136 Å². The third-order valence-electron chi connectivity index (χ3n) is 2.94. The third kappa shape index (κ3) is 4.42. The highest BCUT2D eigenvalue weighted by atomic mass is 127. The molecule has 1 amide bonds. The predicted molar refractivity (Wildman–Crippen MR) is 89.0 cm³/mol. The van der Waals surface area contributed by atoms with Crippen molar-refractivity contribution in [3.8, 4) is 5.75 Å². The molecular weight excluding hydrogens is 384 g/mol. The summed E-state index contributed by atoms with van der Waals surface area (Å²) in [6, 6.07) is 11.4. The first-order chi connectivity index (χ1) is 9.95. The largest absolute Gasteiger partial charge is 0.481 e. The van der Waals surface area contributed by atoms with E-state index in [4.69, 9.17) is 4.74 Å². The maximum Gasteiger partial charge on any atom is 0.265 e. The molecular formula is C16H15FINO2. The maximum atomic E-state index is 12.8. The number of aryl methyl sites for hydroxylation is 1. The number of benzene rings is 2. The minimum Gasteiger partial charge on any atom is -0.481 e. The summed E-state index contributed by atoms with van der Waals surface area (Å²) in [7, 11) is 0. The lowest BCUT2D eigenvalue weighted by Crippen LogP contribution is -2.30. The van der Waals surface area contributed by atoms with Crippen molar-refractivity contribution in [3.63, 3.8) is 0 Å². The van der Waals surface area contributed by atoms with Gasteiger partial charge in [-0.15, -0.1) is 0 Å². The maximum absolute atomic E-state index is 12.8. The molecule has 2 rings (SSSR count). The fourth-order valence-electron chi connectivity index (χ4n) is 1.77. The number of amides is 1. The van der Waals surface area contributed by atoms with E-state index in [0.717, 1.165) is 14.8 Å². The number of anilines is 1. The number of hydrogen-bond acceptors (Lipinski definition) is 2. The van der Waals surface area contributed by atoms with E-state index in [1.54, 1.807) is 6.92 Å². The van der Waals surface area contributed by atoms with Gasteiger partial charge in [0, 0.05) is 9.26 Å². The highest BCUT2D eigenvalue weighted by molar-refractivity contribution is 14.1. The molecule has 3 nitrogen and oxygen atoms in total. The summed E-state index contributed by atoms with van der Waals surface area (Å²) in [5.41, 5.74) is 1.75. The second-order valence-electron chi connectivity index (χ2n) is 4.66. The second kappa shape index (κ2) is 6.89. The van der Waals surface area contributed by atoms with Gasteiger partial charge in [0.1, 0.15) is 11.6 Å². The van der Waals surface area contributed by atoms with Gasteiger partial charge in [0.15, 0.2) is 6.10 Å². The minimum atomic E-state index is -0.672. The van der Waals surface area contributed by atoms with Crippen LogP contribution < -0.4 is 10.1 Å². The number of ether oxygens (including phenoxy) is 1. The lowest BCUT2D eigenvalue weighted by atomic mass is 10.2. The number of carbonyl (C=O) groups is 1. The molecule has 110 valence electrons. The van der Waals surface area contributed by atoms with Gasteiger partial charge in [-0.2, -0.15) is 0 Å². The zero-order valence-electron chi connectivity index (χ0n) is 11.7. The van der Waals surface area contributed by atoms with Crippen molar-refractivity contribution in [2.75, 3.05) is 5.32 Å². The minimum absolute atomic E-state index is 0.247. The molecule has 5 heteroatoms. The van der Waals surface area contributed by atoms with Crippen molar-refractivity contribution in [3.05, 3.63) is 57.4 Å². The van der Waals surface area contributed by atoms with Crippen molar-refractivity contribution in [1.29, 1.82) is 0 Å². The van der Waals surface area contributed by atoms with Gasteiger partial charge in [-0.3, -0.25) is 4.79 Å². The van der Waals surface area contributed by atoms with E-state index in [1.807, 2.05) is 25.1 Å².